The van der Waals surface area contributed by atoms with Gasteiger partial charge in [0.1, 0.15) is 12.4 Å². The third-order valence-electron chi connectivity index (χ3n) is 2.82. The number of rotatable bonds is 5. The molecule has 0 fully saturated rings. The van der Waals surface area contributed by atoms with Gasteiger partial charge in [0.15, 0.2) is 0 Å². The second-order valence-corrected chi connectivity index (χ2v) is 4.30. The summed E-state index contributed by atoms with van der Waals surface area (Å²) in [7, 11) is 0. The van der Waals surface area contributed by atoms with Gasteiger partial charge in [0.2, 0.25) is 0 Å². The average molecular weight is 279 g/mol. The zero-order valence-electron chi connectivity index (χ0n) is 11.2. The van der Waals surface area contributed by atoms with E-state index in [0.29, 0.717) is 17.9 Å². The zero-order valence-corrected chi connectivity index (χ0v) is 11.2. The molecule has 0 aromatic heterocycles. The number of carboxylic acids is 1. The summed E-state index contributed by atoms with van der Waals surface area (Å²) in [4.78, 5) is 10.6. The van der Waals surface area contributed by atoms with Gasteiger partial charge in [-0.15, -0.1) is 0 Å². The summed E-state index contributed by atoms with van der Waals surface area (Å²) in [6.45, 7) is 0.301. The quantitative estimate of drug-likeness (QED) is 0.853. The van der Waals surface area contributed by atoms with E-state index in [1.165, 1.54) is 6.08 Å². The van der Waals surface area contributed by atoms with Crippen LogP contribution in [0.4, 0.5) is 0 Å². The van der Waals surface area contributed by atoms with Crippen LogP contribution in [0, 0.1) is 11.3 Å². The molecule has 0 saturated carbocycles. The molecule has 21 heavy (non-hydrogen) atoms. The molecule has 2 aromatic rings. The molecule has 4 heteroatoms. The number of carboxylic acid groups (broad SMARTS) is 1. The summed E-state index contributed by atoms with van der Waals surface area (Å²) in [6, 6.07) is 16.3. The SMILES string of the molecule is N#Cc1cccc(OCc2ccccc2C=CC(=O)O)c1. The van der Waals surface area contributed by atoms with Crippen LogP contribution in [0.25, 0.3) is 6.08 Å². The molecular weight excluding hydrogens is 266 g/mol. The fourth-order valence-corrected chi connectivity index (χ4v) is 1.81. The van der Waals surface area contributed by atoms with Crippen LogP contribution in [-0.2, 0) is 11.4 Å². The van der Waals surface area contributed by atoms with Gasteiger partial charge in [-0.25, -0.2) is 4.79 Å². The molecule has 2 rings (SSSR count). The number of nitriles is 1. The highest BCUT2D eigenvalue weighted by molar-refractivity contribution is 5.85. The molecule has 0 spiro atoms. The van der Waals surface area contributed by atoms with Crippen molar-refractivity contribution in [2.24, 2.45) is 0 Å². The molecule has 0 heterocycles. The first-order valence-corrected chi connectivity index (χ1v) is 6.31. The van der Waals surface area contributed by atoms with Crippen LogP contribution in [0.1, 0.15) is 16.7 Å². The number of benzene rings is 2. The lowest BCUT2D eigenvalue weighted by molar-refractivity contribution is -0.131. The summed E-state index contributed by atoms with van der Waals surface area (Å²) in [5.74, 6) is -0.390. The Labute approximate surface area is 122 Å². The fourth-order valence-electron chi connectivity index (χ4n) is 1.81. The minimum Gasteiger partial charge on any atom is -0.489 e. The molecule has 0 aliphatic heterocycles. The van der Waals surface area contributed by atoms with Crippen molar-refractivity contribution in [1.82, 2.24) is 0 Å². The smallest absolute Gasteiger partial charge is 0.328 e. The van der Waals surface area contributed by atoms with Crippen LogP contribution in [0.5, 0.6) is 5.75 Å². The van der Waals surface area contributed by atoms with Gasteiger partial charge in [-0.05, 0) is 35.4 Å². The van der Waals surface area contributed by atoms with Gasteiger partial charge in [0.05, 0.1) is 11.6 Å². The van der Waals surface area contributed by atoms with E-state index in [-0.39, 0.29) is 0 Å². The van der Waals surface area contributed by atoms with Crippen molar-refractivity contribution in [3.05, 3.63) is 71.3 Å². The highest BCUT2D eigenvalue weighted by atomic mass is 16.5. The monoisotopic (exact) mass is 279 g/mol. The van der Waals surface area contributed by atoms with Gasteiger partial charge in [0, 0.05) is 6.08 Å². The van der Waals surface area contributed by atoms with Crippen molar-refractivity contribution in [3.8, 4) is 11.8 Å². The molecule has 0 saturated heterocycles. The Kier molecular flexibility index (Phi) is 4.73. The van der Waals surface area contributed by atoms with E-state index in [9.17, 15) is 4.79 Å². The minimum absolute atomic E-state index is 0.301. The molecule has 1 N–H and O–H groups in total. The third kappa shape index (κ3) is 4.22. The van der Waals surface area contributed by atoms with Gasteiger partial charge < -0.3 is 9.84 Å². The lowest BCUT2D eigenvalue weighted by atomic mass is 10.1. The van der Waals surface area contributed by atoms with Crippen molar-refractivity contribution in [2.75, 3.05) is 0 Å². The molecule has 0 aliphatic rings. The minimum atomic E-state index is -0.993. The van der Waals surface area contributed by atoms with Crippen LogP contribution in [0.2, 0.25) is 0 Å². The molecule has 0 amide bonds. The Morgan fingerprint density at radius 1 is 1.24 bits per heavy atom. The molecule has 0 unspecified atom stereocenters. The zero-order chi connectivity index (χ0) is 15.1. The van der Waals surface area contributed by atoms with Crippen molar-refractivity contribution in [1.29, 1.82) is 5.26 Å². The maximum Gasteiger partial charge on any atom is 0.328 e. The summed E-state index contributed by atoms with van der Waals surface area (Å²) in [5, 5.41) is 17.5. The number of nitrogens with zero attached hydrogens (tertiary/aromatic N) is 1. The lowest BCUT2D eigenvalue weighted by Crippen LogP contribution is -1.98. The van der Waals surface area contributed by atoms with Crippen LogP contribution >= 0.6 is 0 Å². The van der Waals surface area contributed by atoms with Gasteiger partial charge in [-0.1, -0.05) is 30.3 Å². The average Bonchev–Trinajstić information content (AvgIpc) is 2.52. The predicted octanol–water partition coefficient (Wildman–Crippen LogP) is 3.24. The van der Waals surface area contributed by atoms with Crippen molar-refractivity contribution in [2.45, 2.75) is 6.61 Å². The molecule has 2 aromatic carbocycles. The maximum absolute atomic E-state index is 10.6. The van der Waals surface area contributed by atoms with Crippen LogP contribution < -0.4 is 4.74 Å². The summed E-state index contributed by atoms with van der Waals surface area (Å²) in [5.41, 5.74) is 2.19. The van der Waals surface area contributed by atoms with Gasteiger partial charge in [-0.3, -0.25) is 0 Å². The second-order valence-electron chi connectivity index (χ2n) is 4.30. The second kappa shape index (κ2) is 6.92. The first kappa shape index (κ1) is 14.4. The summed E-state index contributed by atoms with van der Waals surface area (Å²) in [6.07, 6.45) is 2.63. The molecule has 0 radical (unpaired) electrons. The topological polar surface area (TPSA) is 70.3 Å². The number of carbonyl (C=O) groups is 1. The number of ether oxygens (including phenoxy) is 1. The van der Waals surface area contributed by atoms with E-state index >= 15 is 0 Å². The highest BCUT2D eigenvalue weighted by Gasteiger charge is 2.02. The molecule has 0 atom stereocenters. The predicted molar refractivity (Wildman–Crippen MR) is 78.6 cm³/mol. The molecule has 0 bridgehead atoms. The number of aliphatic carboxylic acids is 1. The Balaban J connectivity index is 2.13. The normalized spacial score (nSPS) is 10.2. The van der Waals surface area contributed by atoms with E-state index in [4.69, 9.17) is 15.1 Å². The maximum atomic E-state index is 10.6. The van der Waals surface area contributed by atoms with E-state index in [0.717, 1.165) is 17.2 Å². The Morgan fingerprint density at radius 3 is 2.81 bits per heavy atom. The highest BCUT2D eigenvalue weighted by Crippen LogP contribution is 2.17. The summed E-state index contributed by atoms with van der Waals surface area (Å²) >= 11 is 0. The standard InChI is InChI=1S/C17H13NO3/c18-11-13-4-3-7-16(10-13)21-12-15-6-2-1-5-14(15)8-9-17(19)20/h1-10H,12H2,(H,19,20). The van der Waals surface area contributed by atoms with Gasteiger partial charge in [-0.2, -0.15) is 5.26 Å². The van der Waals surface area contributed by atoms with E-state index < -0.39 is 5.97 Å². The Bertz CT molecular complexity index is 714. The fraction of sp³-hybridized carbons (Fsp3) is 0.0588. The third-order valence-corrected chi connectivity index (χ3v) is 2.82. The Hall–Kier alpha value is -3.06. The van der Waals surface area contributed by atoms with Crippen molar-refractivity contribution >= 4 is 12.0 Å². The first-order valence-electron chi connectivity index (χ1n) is 6.31. The van der Waals surface area contributed by atoms with Gasteiger partial charge in [0.25, 0.3) is 0 Å². The van der Waals surface area contributed by atoms with E-state index in [1.807, 2.05) is 24.3 Å². The lowest BCUT2D eigenvalue weighted by Gasteiger charge is -2.09. The van der Waals surface area contributed by atoms with Crippen LogP contribution in [0.3, 0.4) is 0 Å². The Morgan fingerprint density at radius 2 is 2.05 bits per heavy atom. The number of hydrogen-bond acceptors (Lipinski definition) is 3. The van der Waals surface area contributed by atoms with Gasteiger partial charge >= 0.3 is 5.97 Å². The first-order chi connectivity index (χ1) is 10.2. The van der Waals surface area contributed by atoms with E-state index in [1.54, 1.807) is 24.3 Å². The van der Waals surface area contributed by atoms with Crippen molar-refractivity contribution in [3.63, 3.8) is 0 Å². The largest absolute Gasteiger partial charge is 0.489 e. The van der Waals surface area contributed by atoms with Crippen molar-refractivity contribution < 1.29 is 14.6 Å². The molecule has 4 nitrogen and oxygen atoms in total. The van der Waals surface area contributed by atoms with Crippen LogP contribution in [-0.4, -0.2) is 11.1 Å². The number of hydrogen-bond donors (Lipinski definition) is 1. The molecule has 0 aliphatic carbocycles. The van der Waals surface area contributed by atoms with E-state index in [2.05, 4.69) is 6.07 Å². The summed E-state index contributed by atoms with van der Waals surface area (Å²) < 4.78 is 5.65. The molecule has 104 valence electrons. The molecular formula is C17H13NO3. The van der Waals surface area contributed by atoms with Crippen LogP contribution in [0.15, 0.2) is 54.6 Å².